The Hall–Kier alpha value is -3.95. The molecule has 0 heterocycles. The number of carbonyl (C=O) groups excluding carboxylic acids is 2. The number of nitrogens with one attached hydrogen (secondary N) is 3. The zero-order valence-corrected chi connectivity index (χ0v) is 20.9. The summed E-state index contributed by atoms with van der Waals surface area (Å²) in [6.07, 6.45) is -0.0396. The lowest BCUT2D eigenvalue weighted by atomic mass is 9.93. The van der Waals surface area contributed by atoms with Crippen molar-refractivity contribution in [2.75, 3.05) is 11.9 Å². The van der Waals surface area contributed by atoms with Gasteiger partial charge < -0.3 is 31.9 Å². The van der Waals surface area contributed by atoms with Crippen molar-refractivity contribution in [2.45, 2.75) is 44.9 Å². The van der Waals surface area contributed by atoms with Gasteiger partial charge in [-0.3, -0.25) is 4.79 Å². The molecule has 7 N–H and O–H groups in total. The number of halogens is 1. The summed E-state index contributed by atoms with van der Waals surface area (Å²) in [5.74, 6) is -0.636. The van der Waals surface area contributed by atoms with Crippen LogP contribution in [0.25, 0.3) is 0 Å². The standard InChI is InChI=1S/C28H33FN4O4/c1-28(2,32-17-25(35)21-9-10-24(34)23(14-21)33-27(30)37)15-19-6-3-5-18(11-19)13-26(36)31-16-20-7-4-8-22(29)12-20/h3-12,14,25,32,34-35H,13,15-17H2,1-2H3,(H,31,36)(H3,30,33,37)/t25-/m0/s1. The molecule has 1 atom stereocenters. The Morgan fingerprint density at radius 2 is 1.70 bits per heavy atom. The zero-order chi connectivity index (χ0) is 27.0. The van der Waals surface area contributed by atoms with E-state index in [2.05, 4.69) is 16.0 Å². The van der Waals surface area contributed by atoms with Crippen molar-refractivity contribution in [1.29, 1.82) is 0 Å². The number of benzene rings is 3. The lowest BCUT2D eigenvalue weighted by Gasteiger charge is -2.28. The van der Waals surface area contributed by atoms with Crippen LogP contribution in [-0.4, -0.2) is 34.2 Å². The van der Waals surface area contributed by atoms with Gasteiger partial charge in [-0.1, -0.05) is 42.5 Å². The van der Waals surface area contributed by atoms with Crippen LogP contribution >= 0.6 is 0 Å². The number of β-amino-alcohol motifs (C(OH)–C–C–N with tert-alkyl or cyclic N) is 1. The molecule has 0 bridgehead atoms. The first kappa shape index (κ1) is 27.6. The molecule has 0 radical (unpaired) electrons. The molecule has 0 aliphatic heterocycles. The van der Waals surface area contributed by atoms with Gasteiger partial charge in [0.1, 0.15) is 11.6 Å². The second kappa shape index (κ2) is 12.3. The molecule has 0 fully saturated rings. The van der Waals surface area contributed by atoms with Crippen molar-refractivity contribution in [3.8, 4) is 5.75 Å². The molecule has 3 aromatic carbocycles. The van der Waals surface area contributed by atoms with Gasteiger partial charge in [-0.15, -0.1) is 0 Å². The molecule has 196 valence electrons. The molecule has 37 heavy (non-hydrogen) atoms. The summed E-state index contributed by atoms with van der Waals surface area (Å²) in [6.45, 7) is 4.51. The van der Waals surface area contributed by atoms with Gasteiger partial charge in [0.15, 0.2) is 0 Å². The third kappa shape index (κ3) is 8.89. The van der Waals surface area contributed by atoms with E-state index in [1.807, 2.05) is 38.1 Å². The summed E-state index contributed by atoms with van der Waals surface area (Å²) in [5.41, 5.74) is 7.96. The Morgan fingerprint density at radius 1 is 1.00 bits per heavy atom. The van der Waals surface area contributed by atoms with E-state index < -0.39 is 12.1 Å². The summed E-state index contributed by atoms with van der Waals surface area (Å²) in [5, 5.41) is 29.0. The fraction of sp³-hybridized carbons (Fsp3) is 0.286. The number of aliphatic hydroxyl groups is 1. The van der Waals surface area contributed by atoms with Gasteiger partial charge in [0, 0.05) is 18.6 Å². The van der Waals surface area contributed by atoms with Crippen molar-refractivity contribution < 1.29 is 24.2 Å². The predicted molar refractivity (Wildman–Crippen MR) is 140 cm³/mol. The highest BCUT2D eigenvalue weighted by Gasteiger charge is 2.21. The van der Waals surface area contributed by atoms with Gasteiger partial charge in [0.05, 0.1) is 18.2 Å². The van der Waals surface area contributed by atoms with Crippen molar-refractivity contribution in [2.24, 2.45) is 5.73 Å². The Bertz CT molecular complexity index is 1250. The zero-order valence-electron chi connectivity index (χ0n) is 20.9. The molecule has 8 nitrogen and oxygen atoms in total. The van der Waals surface area contributed by atoms with Crippen LogP contribution in [0.1, 0.15) is 42.2 Å². The molecule has 0 spiro atoms. The van der Waals surface area contributed by atoms with E-state index in [4.69, 9.17) is 5.73 Å². The Kier molecular flexibility index (Phi) is 9.21. The maximum Gasteiger partial charge on any atom is 0.316 e. The molecular weight excluding hydrogens is 475 g/mol. The van der Waals surface area contributed by atoms with Gasteiger partial charge in [-0.2, -0.15) is 0 Å². The quantitative estimate of drug-likeness (QED) is 0.220. The van der Waals surface area contributed by atoms with Crippen molar-refractivity contribution in [3.05, 3.63) is 94.8 Å². The maximum atomic E-state index is 13.3. The van der Waals surface area contributed by atoms with E-state index >= 15 is 0 Å². The number of hydrogen-bond donors (Lipinski definition) is 6. The smallest absolute Gasteiger partial charge is 0.316 e. The fourth-order valence-electron chi connectivity index (χ4n) is 4.00. The van der Waals surface area contributed by atoms with Crippen LogP contribution in [0.3, 0.4) is 0 Å². The number of hydrogen-bond acceptors (Lipinski definition) is 5. The second-order valence-electron chi connectivity index (χ2n) is 9.63. The number of carbonyl (C=O) groups is 2. The Balaban J connectivity index is 1.54. The van der Waals surface area contributed by atoms with Gasteiger partial charge >= 0.3 is 6.03 Å². The normalized spacial score (nSPS) is 12.1. The van der Waals surface area contributed by atoms with E-state index in [1.165, 1.54) is 24.3 Å². The first-order valence-corrected chi connectivity index (χ1v) is 11.9. The SMILES string of the molecule is CC(C)(Cc1cccc(CC(=O)NCc2cccc(F)c2)c1)NC[C@H](O)c1ccc(O)c(NC(N)=O)c1. The molecule has 0 aliphatic carbocycles. The van der Waals surface area contributed by atoms with Crippen molar-refractivity contribution in [3.63, 3.8) is 0 Å². The fourth-order valence-corrected chi connectivity index (χ4v) is 4.00. The summed E-state index contributed by atoms with van der Waals surface area (Å²) in [7, 11) is 0. The van der Waals surface area contributed by atoms with Crippen LogP contribution in [0.2, 0.25) is 0 Å². The molecule has 3 aromatic rings. The van der Waals surface area contributed by atoms with Crippen LogP contribution in [0.4, 0.5) is 14.9 Å². The lowest BCUT2D eigenvalue weighted by molar-refractivity contribution is -0.120. The van der Waals surface area contributed by atoms with Crippen LogP contribution in [-0.2, 0) is 24.2 Å². The van der Waals surface area contributed by atoms with Crippen LogP contribution in [0, 0.1) is 5.82 Å². The van der Waals surface area contributed by atoms with Crippen LogP contribution in [0.5, 0.6) is 5.75 Å². The molecule has 0 aliphatic rings. The second-order valence-corrected chi connectivity index (χ2v) is 9.63. The third-order valence-electron chi connectivity index (χ3n) is 5.82. The van der Waals surface area contributed by atoms with Crippen LogP contribution in [0.15, 0.2) is 66.7 Å². The maximum absolute atomic E-state index is 13.3. The molecule has 0 saturated carbocycles. The minimum atomic E-state index is -0.888. The first-order valence-electron chi connectivity index (χ1n) is 11.9. The molecule has 9 heteroatoms. The van der Waals surface area contributed by atoms with Crippen molar-refractivity contribution >= 4 is 17.6 Å². The number of rotatable bonds is 11. The number of urea groups is 1. The van der Waals surface area contributed by atoms with Gasteiger partial charge in [0.2, 0.25) is 5.91 Å². The third-order valence-corrected chi connectivity index (χ3v) is 5.82. The molecule has 0 unspecified atom stereocenters. The van der Waals surface area contributed by atoms with Gasteiger partial charge in [-0.25, -0.2) is 9.18 Å². The van der Waals surface area contributed by atoms with Crippen LogP contribution < -0.4 is 21.7 Å². The average molecular weight is 509 g/mol. The summed E-state index contributed by atoms with van der Waals surface area (Å²) in [6, 6.07) is 17.5. The summed E-state index contributed by atoms with van der Waals surface area (Å²) in [4.78, 5) is 23.5. The molecule has 3 amide bonds. The number of anilines is 1. The largest absolute Gasteiger partial charge is 0.506 e. The van der Waals surface area contributed by atoms with E-state index in [9.17, 15) is 24.2 Å². The molecule has 0 aromatic heterocycles. The highest BCUT2D eigenvalue weighted by Crippen LogP contribution is 2.27. The number of phenols is 1. The first-order chi connectivity index (χ1) is 17.5. The molecular formula is C28H33FN4O4. The topological polar surface area (TPSA) is 137 Å². The van der Waals surface area contributed by atoms with Gasteiger partial charge in [0.25, 0.3) is 0 Å². The Labute approximate surface area is 215 Å². The van der Waals surface area contributed by atoms with E-state index in [0.717, 1.165) is 11.1 Å². The monoisotopic (exact) mass is 508 g/mol. The Morgan fingerprint density at radius 3 is 2.43 bits per heavy atom. The highest BCUT2D eigenvalue weighted by molar-refractivity contribution is 5.89. The highest BCUT2D eigenvalue weighted by atomic mass is 19.1. The molecule has 3 rings (SSSR count). The summed E-state index contributed by atoms with van der Waals surface area (Å²) >= 11 is 0. The number of primary amides is 1. The number of nitrogens with two attached hydrogens (primary N) is 1. The number of amides is 3. The van der Waals surface area contributed by atoms with E-state index in [-0.39, 0.29) is 48.2 Å². The van der Waals surface area contributed by atoms with E-state index in [1.54, 1.807) is 18.2 Å². The number of phenolic OH excluding ortho intramolecular Hbond substituents is 1. The minimum Gasteiger partial charge on any atom is -0.506 e. The number of aromatic hydroxyl groups is 1. The van der Waals surface area contributed by atoms with Gasteiger partial charge in [-0.05, 0) is 66.8 Å². The lowest BCUT2D eigenvalue weighted by Crippen LogP contribution is -2.43. The summed E-state index contributed by atoms with van der Waals surface area (Å²) < 4.78 is 13.3. The molecule has 0 saturated heterocycles. The van der Waals surface area contributed by atoms with Crippen molar-refractivity contribution in [1.82, 2.24) is 10.6 Å². The minimum absolute atomic E-state index is 0.125. The predicted octanol–water partition coefficient (Wildman–Crippen LogP) is 3.53. The number of aliphatic hydroxyl groups excluding tert-OH is 1. The average Bonchev–Trinajstić information content (AvgIpc) is 2.82. The van der Waals surface area contributed by atoms with E-state index in [0.29, 0.717) is 17.5 Å².